The molecule has 2 amide bonds. The topological polar surface area (TPSA) is 97.6 Å². The minimum Gasteiger partial charge on any atom is -0.494 e. The van der Waals surface area contributed by atoms with Crippen LogP contribution in [0.2, 0.25) is 0 Å². The lowest BCUT2D eigenvalue weighted by Gasteiger charge is -2.05. The van der Waals surface area contributed by atoms with Crippen molar-refractivity contribution in [2.45, 2.75) is 20.3 Å². The van der Waals surface area contributed by atoms with Crippen LogP contribution in [0.15, 0.2) is 90.2 Å². The van der Waals surface area contributed by atoms with Crippen molar-refractivity contribution < 1.29 is 14.3 Å². The Balaban J connectivity index is 1.53. The first-order valence-electron chi connectivity index (χ1n) is 11.6. The fourth-order valence-corrected chi connectivity index (χ4v) is 3.47. The zero-order chi connectivity index (χ0) is 25.3. The fraction of sp³-hybridized carbons (Fsp3) is 0.143. The van der Waals surface area contributed by atoms with Gasteiger partial charge >= 0.3 is 11.8 Å². The van der Waals surface area contributed by atoms with Crippen LogP contribution in [-0.2, 0) is 9.59 Å². The van der Waals surface area contributed by atoms with Crippen LogP contribution in [0, 0.1) is 6.92 Å². The Kier molecular flexibility index (Phi) is 7.87. The van der Waals surface area contributed by atoms with Crippen LogP contribution in [0.3, 0.4) is 0 Å². The number of nitrogens with zero attached hydrogens (tertiary/aromatic N) is 3. The summed E-state index contributed by atoms with van der Waals surface area (Å²) >= 11 is 0. The van der Waals surface area contributed by atoms with Crippen molar-refractivity contribution in [3.8, 4) is 22.7 Å². The Labute approximate surface area is 209 Å². The van der Waals surface area contributed by atoms with Crippen molar-refractivity contribution in [3.63, 3.8) is 0 Å². The van der Waals surface area contributed by atoms with Gasteiger partial charge in [0.2, 0.25) is 0 Å². The number of aromatic nitrogens is 2. The lowest BCUT2D eigenvalue weighted by atomic mass is 10.1. The number of amides is 2. The first-order chi connectivity index (χ1) is 17.5. The normalized spacial score (nSPS) is 10.8. The van der Waals surface area contributed by atoms with E-state index in [1.54, 1.807) is 22.9 Å². The first kappa shape index (κ1) is 24.4. The Bertz CT molecular complexity index is 1360. The lowest BCUT2D eigenvalue weighted by Crippen LogP contribution is -2.32. The molecule has 0 fully saturated rings. The predicted octanol–water partition coefficient (Wildman–Crippen LogP) is 4.73. The van der Waals surface area contributed by atoms with Gasteiger partial charge in [-0.05, 0) is 67.4 Å². The van der Waals surface area contributed by atoms with Crippen molar-refractivity contribution in [1.29, 1.82) is 0 Å². The first-order valence-corrected chi connectivity index (χ1v) is 11.6. The second kappa shape index (κ2) is 11.6. The summed E-state index contributed by atoms with van der Waals surface area (Å²) in [6, 6.07) is 24.5. The predicted molar refractivity (Wildman–Crippen MR) is 140 cm³/mol. The molecule has 0 unspecified atom stereocenters. The number of carbonyl (C=O) groups excluding carboxylic acids is 2. The van der Waals surface area contributed by atoms with E-state index < -0.39 is 11.8 Å². The summed E-state index contributed by atoms with van der Waals surface area (Å²) in [6.45, 7) is 4.61. The summed E-state index contributed by atoms with van der Waals surface area (Å²) in [6.07, 6.45) is 4.22. The number of ether oxygens (including phenoxy) is 1. The molecule has 0 spiro atoms. The van der Waals surface area contributed by atoms with Gasteiger partial charge in [-0.25, -0.2) is 10.1 Å². The highest BCUT2D eigenvalue weighted by atomic mass is 16.5. The number of hydrogen-bond donors (Lipinski definition) is 2. The van der Waals surface area contributed by atoms with Crippen LogP contribution in [0.5, 0.6) is 5.75 Å². The van der Waals surface area contributed by atoms with Gasteiger partial charge in [-0.2, -0.15) is 10.2 Å². The average molecular weight is 482 g/mol. The molecule has 0 atom stereocenters. The van der Waals surface area contributed by atoms with E-state index in [1.807, 2.05) is 73.8 Å². The maximum absolute atomic E-state index is 12.3. The third-order valence-corrected chi connectivity index (χ3v) is 5.22. The molecule has 0 aliphatic heterocycles. The Hall–Kier alpha value is -4.72. The summed E-state index contributed by atoms with van der Waals surface area (Å²) in [7, 11) is 0. The van der Waals surface area contributed by atoms with E-state index in [4.69, 9.17) is 9.84 Å². The van der Waals surface area contributed by atoms with Crippen molar-refractivity contribution in [1.82, 2.24) is 15.2 Å². The van der Waals surface area contributed by atoms with E-state index in [1.165, 1.54) is 6.21 Å². The maximum Gasteiger partial charge on any atom is 0.329 e. The maximum atomic E-state index is 12.3. The molecular weight excluding hydrogens is 454 g/mol. The Morgan fingerprint density at radius 1 is 1.00 bits per heavy atom. The molecule has 0 saturated heterocycles. The van der Waals surface area contributed by atoms with Crippen molar-refractivity contribution in [2.24, 2.45) is 5.10 Å². The third kappa shape index (κ3) is 6.24. The number of para-hydroxylation sites is 1. The summed E-state index contributed by atoms with van der Waals surface area (Å²) in [5.74, 6) is -0.895. The lowest BCUT2D eigenvalue weighted by molar-refractivity contribution is -0.136. The minimum atomic E-state index is -0.873. The molecule has 8 nitrogen and oxygen atoms in total. The Morgan fingerprint density at radius 3 is 2.50 bits per heavy atom. The summed E-state index contributed by atoms with van der Waals surface area (Å²) in [5, 5.41) is 11.3. The van der Waals surface area contributed by atoms with Gasteiger partial charge in [-0.15, -0.1) is 0 Å². The molecule has 36 heavy (non-hydrogen) atoms. The number of hydrazone groups is 1. The van der Waals surface area contributed by atoms with Crippen molar-refractivity contribution in [2.75, 3.05) is 11.9 Å². The molecule has 4 aromatic rings. The molecule has 8 heteroatoms. The highest BCUT2D eigenvalue weighted by Gasteiger charge is 2.14. The number of anilines is 1. The van der Waals surface area contributed by atoms with Crippen molar-refractivity contribution in [3.05, 3.63) is 96.2 Å². The quantitative estimate of drug-likeness (QED) is 0.216. The van der Waals surface area contributed by atoms with Gasteiger partial charge in [0.05, 0.1) is 18.5 Å². The fourth-order valence-electron chi connectivity index (χ4n) is 3.47. The molecule has 0 saturated carbocycles. The van der Waals surface area contributed by atoms with E-state index in [0.717, 1.165) is 29.0 Å². The zero-order valence-electron chi connectivity index (χ0n) is 20.1. The SMILES string of the molecule is CCCOc1ccc(-c2nn(-c3ccccc3)cc2/C=N\NC(=O)C(=O)Nc2cccc(C)c2)cc1. The van der Waals surface area contributed by atoms with E-state index in [-0.39, 0.29) is 0 Å². The summed E-state index contributed by atoms with van der Waals surface area (Å²) in [5.41, 5.74) is 6.87. The molecule has 182 valence electrons. The number of nitrogens with one attached hydrogen (secondary N) is 2. The highest BCUT2D eigenvalue weighted by molar-refractivity contribution is 6.39. The van der Waals surface area contributed by atoms with Gasteiger partial charge in [-0.1, -0.05) is 37.3 Å². The number of hydrogen-bond acceptors (Lipinski definition) is 5. The molecular formula is C28H27N5O3. The molecule has 1 aromatic heterocycles. The molecule has 4 rings (SSSR count). The van der Waals surface area contributed by atoms with Crippen LogP contribution in [-0.4, -0.2) is 34.4 Å². The van der Waals surface area contributed by atoms with Gasteiger partial charge in [0.15, 0.2) is 0 Å². The number of benzene rings is 3. The van der Waals surface area contributed by atoms with E-state index in [0.29, 0.717) is 23.6 Å². The molecule has 0 bridgehead atoms. The number of rotatable bonds is 8. The largest absolute Gasteiger partial charge is 0.494 e. The number of carbonyl (C=O) groups is 2. The second-order valence-electron chi connectivity index (χ2n) is 8.11. The van der Waals surface area contributed by atoms with Crippen LogP contribution in [0.25, 0.3) is 16.9 Å². The van der Waals surface area contributed by atoms with E-state index in [2.05, 4.69) is 22.8 Å². The van der Waals surface area contributed by atoms with Gasteiger partial charge in [0.25, 0.3) is 0 Å². The standard InChI is InChI=1S/C28H27N5O3/c1-3-16-36-25-14-12-21(13-15-25)26-22(19-33(32-26)24-10-5-4-6-11-24)18-29-31-28(35)27(34)30-23-9-7-8-20(2)17-23/h4-15,17-19H,3,16H2,1-2H3,(H,30,34)(H,31,35)/b29-18-. The highest BCUT2D eigenvalue weighted by Crippen LogP contribution is 2.25. The monoisotopic (exact) mass is 481 g/mol. The smallest absolute Gasteiger partial charge is 0.329 e. The van der Waals surface area contributed by atoms with Gasteiger partial charge in [0, 0.05) is 23.0 Å². The average Bonchev–Trinajstić information content (AvgIpc) is 3.32. The van der Waals surface area contributed by atoms with Gasteiger partial charge in [-0.3, -0.25) is 9.59 Å². The van der Waals surface area contributed by atoms with Crippen LogP contribution in [0.4, 0.5) is 5.69 Å². The molecule has 0 aliphatic carbocycles. The van der Waals surface area contributed by atoms with E-state index >= 15 is 0 Å². The van der Waals surface area contributed by atoms with Gasteiger partial charge < -0.3 is 10.1 Å². The van der Waals surface area contributed by atoms with Crippen LogP contribution < -0.4 is 15.5 Å². The van der Waals surface area contributed by atoms with Gasteiger partial charge in [0.1, 0.15) is 11.4 Å². The molecule has 0 aliphatic rings. The number of aryl methyl sites for hydroxylation is 1. The summed E-state index contributed by atoms with van der Waals surface area (Å²) in [4.78, 5) is 24.5. The van der Waals surface area contributed by atoms with Crippen molar-refractivity contribution >= 4 is 23.7 Å². The molecule has 2 N–H and O–H groups in total. The minimum absolute atomic E-state index is 0.539. The van der Waals surface area contributed by atoms with E-state index in [9.17, 15) is 9.59 Å². The summed E-state index contributed by atoms with van der Waals surface area (Å²) < 4.78 is 7.42. The second-order valence-corrected chi connectivity index (χ2v) is 8.11. The molecule has 1 heterocycles. The molecule has 3 aromatic carbocycles. The van der Waals surface area contributed by atoms with Crippen LogP contribution >= 0.6 is 0 Å². The zero-order valence-corrected chi connectivity index (χ0v) is 20.1. The Morgan fingerprint density at radius 2 is 1.78 bits per heavy atom. The third-order valence-electron chi connectivity index (χ3n) is 5.22. The van der Waals surface area contributed by atoms with Crippen LogP contribution in [0.1, 0.15) is 24.5 Å². The molecule has 0 radical (unpaired) electrons.